The number of nitrogens with one attached hydrogen (secondary N) is 3. The van der Waals surface area contributed by atoms with Crippen LogP contribution in [-0.2, 0) is 4.79 Å². The first kappa shape index (κ1) is 19.2. The minimum Gasteiger partial charge on any atom is -0.360 e. The van der Waals surface area contributed by atoms with Gasteiger partial charge in [0.25, 0.3) is 11.7 Å². The first-order valence-electron chi connectivity index (χ1n) is 10.2. The van der Waals surface area contributed by atoms with E-state index >= 15 is 0 Å². The number of benzene rings is 2. The molecular formula is C23H27N4O2+. The highest BCUT2D eigenvalue weighted by molar-refractivity contribution is 6.45. The van der Waals surface area contributed by atoms with Gasteiger partial charge in [0.05, 0.1) is 44.8 Å². The van der Waals surface area contributed by atoms with Crippen molar-refractivity contribution in [2.45, 2.75) is 6.92 Å². The highest BCUT2D eigenvalue weighted by Crippen LogP contribution is 2.22. The molecular weight excluding hydrogens is 364 g/mol. The van der Waals surface area contributed by atoms with E-state index in [0.717, 1.165) is 49.3 Å². The largest absolute Gasteiger partial charge is 0.360 e. The number of carbonyl (C=O) groups is 2. The van der Waals surface area contributed by atoms with Gasteiger partial charge < -0.3 is 20.1 Å². The number of aromatic amines is 1. The lowest BCUT2D eigenvalue weighted by atomic mass is 10.1. The Balaban J connectivity index is 1.27. The minimum atomic E-state index is -0.528. The summed E-state index contributed by atoms with van der Waals surface area (Å²) in [4.78, 5) is 32.1. The zero-order valence-corrected chi connectivity index (χ0v) is 16.7. The molecule has 6 heteroatoms. The molecule has 2 heterocycles. The summed E-state index contributed by atoms with van der Waals surface area (Å²) in [5.41, 5.74) is 3.34. The fourth-order valence-electron chi connectivity index (χ4n) is 4.09. The summed E-state index contributed by atoms with van der Waals surface area (Å²) >= 11 is 0. The van der Waals surface area contributed by atoms with Gasteiger partial charge in [-0.3, -0.25) is 9.59 Å². The number of Topliss-reactive ketones (excluding diaryl/α,β-unsaturated/α-hetero) is 1. The van der Waals surface area contributed by atoms with Crippen molar-refractivity contribution in [3.05, 3.63) is 65.9 Å². The Morgan fingerprint density at radius 2 is 1.72 bits per heavy atom. The van der Waals surface area contributed by atoms with Crippen molar-refractivity contribution in [1.82, 2.24) is 10.3 Å². The second-order valence-corrected chi connectivity index (χ2v) is 7.58. The van der Waals surface area contributed by atoms with Crippen LogP contribution in [0.15, 0.2) is 54.6 Å². The normalized spacial score (nSPS) is 14.9. The molecule has 0 radical (unpaired) electrons. The predicted molar refractivity (Wildman–Crippen MR) is 115 cm³/mol. The molecule has 1 aliphatic rings. The number of piperazine rings is 1. The number of H-pyrrole nitrogens is 1. The number of ketones is 1. The van der Waals surface area contributed by atoms with Crippen molar-refractivity contribution < 1.29 is 14.5 Å². The molecule has 0 aliphatic carbocycles. The lowest BCUT2D eigenvalue weighted by Crippen LogP contribution is -3.15. The van der Waals surface area contributed by atoms with Crippen LogP contribution in [0.2, 0.25) is 0 Å². The van der Waals surface area contributed by atoms with Gasteiger partial charge in [-0.1, -0.05) is 36.4 Å². The summed E-state index contributed by atoms with van der Waals surface area (Å²) in [7, 11) is 0. The second kappa shape index (κ2) is 8.49. The summed E-state index contributed by atoms with van der Waals surface area (Å²) in [6.07, 6.45) is 0. The summed E-state index contributed by atoms with van der Waals surface area (Å²) < 4.78 is 0. The van der Waals surface area contributed by atoms with Crippen LogP contribution < -0.4 is 15.1 Å². The van der Waals surface area contributed by atoms with Crippen LogP contribution in [-0.4, -0.2) is 55.9 Å². The minimum absolute atomic E-state index is 0.469. The lowest BCUT2D eigenvalue weighted by Gasteiger charge is -2.33. The first-order chi connectivity index (χ1) is 14.1. The van der Waals surface area contributed by atoms with Crippen LogP contribution in [0.25, 0.3) is 10.9 Å². The molecule has 4 rings (SSSR count). The van der Waals surface area contributed by atoms with Gasteiger partial charge >= 0.3 is 0 Å². The zero-order chi connectivity index (χ0) is 20.2. The molecule has 1 amide bonds. The summed E-state index contributed by atoms with van der Waals surface area (Å²) in [6.45, 7) is 7.22. The molecule has 6 nitrogen and oxygen atoms in total. The molecule has 0 atom stereocenters. The number of aryl methyl sites for hydroxylation is 1. The third-order valence-electron chi connectivity index (χ3n) is 5.68. The Bertz CT molecular complexity index is 1000. The van der Waals surface area contributed by atoms with Gasteiger partial charge in [0.15, 0.2) is 0 Å². The molecule has 0 spiro atoms. The van der Waals surface area contributed by atoms with Gasteiger partial charge in [-0.2, -0.15) is 0 Å². The van der Waals surface area contributed by atoms with Gasteiger partial charge in [-0.05, 0) is 25.1 Å². The van der Waals surface area contributed by atoms with Crippen molar-refractivity contribution >= 4 is 28.3 Å². The molecule has 1 fully saturated rings. The molecule has 150 valence electrons. The summed E-state index contributed by atoms with van der Waals surface area (Å²) in [6, 6.07) is 18.0. The molecule has 0 unspecified atom stereocenters. The van der Waals surface area contributed by atoms with Crippen LogP contribution in [0.1, 0.15) is 16.1 Å². The highest BCUT2D eigenvalue weighted by atomic mass is 16.2. The van der Waals surface area contributed by atoms with Gasteiger partial charge in [0, 0.05) is 22.3 Å². The molecule has 0 saturated carbocycles. The highest BCUT2D eigenvalue weighted by Gasteiger charge is 2.24. The van der Waals surface area contributed by atoms with E-state index in [1.807, 2.05) is 37.3 Å². The number of rotatable bonds is 6. The summed E-state index contributed by atoms with van der Waals surface area (Å²) in [5.74, 6) is -0.996. The van der Waals surface area contributed by atoms with Gasteiger partial charge in [0.1, 0.15) is 0 Å². The molecule has 1 aliphatic heterocycles. The van der Waals surface area contributed by atoms with Crippen molar-refractivity contribution in [1.29, 1.82) is 0 Å². The number of hydrogen-bond donors (Lipinski definition) is 3. The molecule has 1 saturated heterocycles. The Morgan fingerprint density at radius 1 is 1.03 bits per heavy atom. The average Bonchev–Trinajstić information content (AvgIpc) is 3.10. The molecule has 3 N–H and O–H groups in total. The van der Waals surface area contributed by atoms with E-state index in [2.05, 4.69) is 39.5 Å². The predicted octanol–water partition coefficient (Wildman–Crippen LogP) is 1.18. The number of nitrogens with zero attached hydrogens (tertiary/aromatic N) is 1. The molecule has 1 aromatic heterocycles. The average molecular weight is 391 g/mol. The van der Waals surface area contributed by atoms with E-state index in [0.29, 0.717) is 12.1 Å². The third kappa shape index (κ3) is 4.17. The van der Waals surface area contributed by atoms with E-state index in [1.54, 1.807) is 0 Å². The number of para-hydroxylation sites is 2. The maximum atomic E-state index is 12.7. The Hall–Kier alpha value is -3.12. The van der Waals surface area contributed by atoms with Crippen molar-refractivity contribution in [3.63, 3.8) is 0 Å². The molecule has 0 bridgehead atoms. The fourth-order valence-corrected chi connectivity index (χ4v) is 4.09. The van der Waals surface area contributed by atoms with E-state index in [-0.39, 0.29) is 0 Å². The van der Waals surface area contributed by atoms with E-state index in [9.17, 15) is 9.59 Å². The number of hydrogen-bond acceptors (Lipinski definition) is 3. The Labute approximate surface area is 170 Å². The van der Waals surface area contributed by atoms with Gasteiger partial charge in [0.2, 0.25) is 0 Å². The van der Waals surface area contributed by atoms with Crippen molar-refractivity contribution in [2.24, 2.45) is 0 Å². The third-order valence-corrected chi connectivity index (χ3v) is 5.68. The summed E-state index contributed by atoms with van der Waals surface area (Å²) in [5, 5.41) is 3.61. The Morgan fingerprint density at radius 3 is 2.48 bits per heavy atom. The van der Waals surface area contributed by atoms with Crippen LogP contribution in [0.4, 0.5) is 5.69 Å². The first-order valence-corrected chi connectivity index (χ1v) is 10.2. The van der Waals surface area contributed by atoms with Crippen molar-refractivity contribution in [3.8, 4) is 0 Å². The number of aromatic nitrogens is 1. The fraction of sp³-hybridized carbons (Fsp3) is 0.304. The van der Waals surface area contributed by atoms with Gasteiger partial charge in [-0.25, -0.2) is 0 Å². The standard InChI is InChI=1S/C23H26N4O2/c1-17-21(19-9-5-6-10-20(19)25-17)22(28)23(29)24-11-12-26-13-15-27(16-14-26)18-7-3-2-4-8-18/h2-10,25H,11-16H2,1H3,(H,24,29)/p+1. The molecule has 29 heavy (non-hydrogen) atoms. The van der Waals surface area contributed by atoms with Crippen molar-refractivity contribution in [2.75, 3.05) is 44.2 Å². The lowest BCUT2D eigenvalue weighted by molar-refractivity contribution is -0.899. The number of fused-ring (bicyclic) bond motifs is 1. The zero-order valence-electron chi connectivity index (χ0n) is 16.7. The van der Waals surface area contributed by atoms with E-state index < -0.39 is 11.7 Å². The SMILES string of the molecule is Cc1[nH]c2ccccc2c1C(=O)C(=O)NCC[NH+]1CCN(c2ccccc2)CC1. The Kier molecular flexibility index (Phi) is 5.62. The topological polar surface area (TPSA) is 69.6 Å². The molecule has 3 aromatic rings. The van der Waals surface area contributed by atoms with Gasteiger partial charge in [-0.15, -0.1) is 0 Å². The van der Waals surface area contributed by atoms with Crippen LogP contribution >= 0.6 is 0 Å². The smallest absolute Gasteiger partial charge is 0.292 e. The van der Waals surface area contributed by atoms with E-state index in [1.165, 1.54) is 10.6 Å². The quantitative estimate of drug-likeness (QED) is 0.437. The van der Waals surface area contributed by atoms with Crippen LogP contribution in [0.5, 0.6) is 0 Å². The maximum Gasteiger partial charge on any atom is 0.292 e. The van der Waals surface area contributed by atoms with Crippen LogP contribution in [0, 0.1) is 6.92 Å². The van der Waals surface area contributed by atoms with E-state index in [4.69, 9.17) is 0 Å². The second-order valence-electron chi connectivity index (χ2n) is 7.58. The van der Waals surface area contributed by atoms with Crippen LogP contribution in [0.3, 0.4) is 0 Å². The number of carbonyl (C=O) groups excluding carboxylic acids is 2. The molecule has 2 aromatic carbocycles. The number of quaternary nitrogens is 1. The number of amides is 1. The monoisotopic (exact) mass is 391 g/mol. The maximum absolute atomic E-state index is 12.7. The number of anilines is 1.